The van der Waals surface area contributed by atoms with E-state index in [-0.39, 0.29) is 0 Å². The third kappa shape index (κ3) is 2.54. The third-order valence-electron chi connectivity index (χ3n) is 3.91. The van der Waals surface area contributed by atoms with E-state index in [1.54, 1.807) is 0 Å². The Morgan fingerprint density at radius 3 is 2.67 bits per heavy atom. The van der Waals surface area contributed by atoms with E-state index in [4.69, 9.17) is 5.73 Å². The van der Waals surface area contributed by atoms with E-state index < -0.39 is 0 Å². The number of hydrogen-bond acceptors (Lipinski definition) is 3. The molecule has 0 radical (unpaired) electrons. The van der Waals surface area contributed by atoms with Crippen molar-refractivity contribution in [1.82, 2.24) is 10.2 Å². The van der Waals surface area contributed by atoms with Crippen molar-refractivity contribution in [3.8, 4) is 0 Å². The first kappa shape index (κ1) is 11.8. The molecule has 2 aliphatic rings. The minimum Gasteiger partial charge on any atom is -0.327 e. The minimum absolute atomic E-state index is 0.365. The van der Waals surface area contributed by atoms with Crippen molar-refractivity contribution in [2.75, 3.05) is 14.1 Å². The molecule has 2 rings (SSSR count). The Morgan fingerprint density at radius 2 is 2.00 bits per heavy atom. The molecule has 1 heterocycles. The van der Waals surface area contributed by atoms with Gasteiger partial charge in [0.15, 0.2) is 0 Å². The summed E-state index contributed by atoms with van der Waals surface area (Å²) in [5.41, 5.74) is 6.29. The summed E-state index contributed by atoms with van der Waals surface area (Å²) in [6.07, 6.45) is 5.32. The SMILES string of the molecule is CN(C)C1CC(N)C2CC(Br)CCC2N1. The van der Waals surface area contributed by atoms with Crippen LogP contribution < -0.4 is 11.1 Å². The molecule has 1 saturated heterocycles. The molecule has 1 aliphatic heterocycles. The highest BCUT2D eigenvalue weighted by Crippen LogP contribution is 2.35. The highest BCUT2D eigenvalue weighted by Gasteiger charge is 2.39. The molecule has 5 unspecified atom stereocenters. The first-order valence-electron chi connectivity index (χ1n) is 5.90. The van der Waals surface area contributed by atoms with Gasteiger partial charge in [0.25, 0.3) is 0 Å². The summed E-state index contributed by atoms with van der Waals surface area (Å²) in [5, 5.41) is 3.73. The Kier molecular flexibility index (Phi) is 3.71. The van der Waals surface area contributed by atoms with Crippen molar-refractivity contribution in [3.63, 3.8) is 0 Å². The normalized spacial score (nSPS) is 46.6. The number of nitrogens with one attached hydrogen (secondary N) is 1. The molecule has 0 aromatic carbocycles. The molecule has 1 saturated carbocycles. The molecule has 0 aromatic rings. The van der Waals surface area contributed by atoms with E-state index in [1.807, 2.05) is 0 Å². The fourth-order valence-electron chi connectivity index (χ4n) is 2.94. The highest BCUT2D eigenvalue weighted by molar-refractivity contribution is 9.09. The average Bonchev–Trinajstić information content (AvgIpc) is 2.18. The van der Waals surface area contributed by atoms with Gasteiger partial charge in [0.2, 0.25) is 0 Å². The number of halogens is 1. The van der Waals surface area contributed by atoms with Crippen LogP contribution in [-0.4, -0.2) is 42.1 Å². The van der Waals surface area contributed by atoms with E-state index in [0.717, 1.165) is 6.42 Å². The molecule has 3 N–H and O–H groups in total. The monoisotopic (exact) mass is 275 g/mol. The zero-order valence-corrected chi connectivity index (χ0v) is 11.2. The fraction of sp³-hybridized carbons (Fsp3) is 1.00. The average molecular weight is 276 g/mol. The largest absolute Gasteiger partial charge is 0.327 e. The van der Waals surface area contributed by atoms with Gasteiger partial charge in [-0.15, -0.1) is 0 Å². The van der Waals surface area contributed by atoms with Crippen LogP contribution in [0, 0.1) is 5.92 Å². The maximum Gasteiger partial charge on any atom is 0.0609 e. The van der Waals surface area contributed by atoms with E-state index in [0.29, 0.717) is 29.0 Å². The molecule has 5 atom stereocenters. The molecule has 1 aliphatic carbocycles. The van der Waals surface area contributed by atoms with Gasteiger partial charge in [0.05, 0.1) is 6.17 Å². The number of fused-ring (bicyclic) bond motifs is 1. The van der Waals surface area contributed by atoms with Crippen LogP contribution >= 0.6 is 15.9 Å². The Balaban J connectivity index is 2.01. The minimum atomic E-state index is 0.365. The van der Waals surface area contributed by atoms with Crippen LogP contribution in [0.2, 0.25) is 0 Å². The summed E-state index contributed by atoms with van der Waals surface area (Å²) in [4.78, 5) is 2.93. The smallest absolute Gasteiger partial charge is 0.0609 e. The van der Waals surface area contributed by atoms with E-state index in [2.05, 4.69) is 40.2 Å². The number of nitrogens with zero attached hydrogens (tertiary/aromatic N) is 1. The zero-order valence-electron chi connectivity index (χ0n) is 9.62. The number of nitrogens with two attached hydrogens (primary N) is 1. The lowest BCUT2D eigenvalue weighted by molar-refractivity contribution is 0.0904. The van der Waals surface area contributed by atoms with Gasteiger partial charge in [0.1, 0.15) is 0 Å². The van der Waals surface area contributed by atoms with Gasteiger partial charge in [0, 0.05) is 16.9 Å². The predicted octanol–water partition coefficient (Wildman–Crippen LogP) is 1.13. The van der Waals surface area contributed by atoms with Crippen molar-refractivity contribution in [3.05, 3.63) is 0 Å². The van der Waals surface area contributed by atoms with E-state index >= 15 is 0 Å². The zero-order chi connectivity index (χ0) is 11.0. The van der Waals surface area contributed by atoms with Gasteiger partial charge in [-0.1, -0.05) is 15.9 Å². The second-order valence-electron chi connectivity index (χ2n) is 5.23. The molecular weight excluding hydrogens is 254 g/mol. The van der Waals surface area contributed by atoms with Crippen LogP contribution in [-0.2, 0) is 0 Å². The molecule has 2 fully saturated rings. The summed E-state index contributed by atoms with van der Waals surface area (Å²) >= 11 is 3.73. The van der Waals surface area contributed by atoms with Gasteiger partial charge in [-0.05, 0) is 45.7 Å². The van der Waals surface area contributed by atoms with Gasteiger partial charge in [-0.25, -0.2) is 0 Å². The lowest BCUT2D eigenvalue weighted by Crippen LogP contribution is -2.61. The maximum atomic E-state index is 6.29. The van der Waals surface area contributed by atoms with Crippen molar-refractivity contribution >= 4 is 15.9 Å². The highest BCUT2D eigenvalue weighted by atomic mass is 79.9. The standard InChI is InChI=1S/C11H22BrN3/c1-15(2)11-6-9(13)8-5-7(12)3-4-10(8)14-11/h7-11,14H,3-6,13H2,1-2H3. The van der Waals surface area contributed by atoms with Gasteiger partial charge < -0.3 is 5.73 Å². The lowest BCUT2D eigenvalue weighted by atomic mass is 9.76. The summed E-state index contributed by atoms with van der Waals surface area (Å²) in [5.74, 6) is 0.666. The molecule has 88 valence electrons. The van der Waals surface area contributed by atoms with Crippen LogP contribution in [0.4, 0.5) is 0 Å². The van der Waals surface area contributed by atoms with Crippen molar-refractivity contribution in [2.45, 2.75) is 48.8 Å². The lowest BCUT2D eigenvalue weighted by Gasteiger charge is -2.47. The molecule has 0 spiro atoms. The molecule has 0 aromatic heterocycles. The Bertz CT molecular complexity index is 222. The van der Waals surface area contributed by atoms with Crippen LogP contribution in [0.15, 0.2) is 0 Å². The Hall–Kier alpha value is 0.360. The number of rotatable bonds is 1. The van der Waals surface area contributed by atoms with Gasteiger partial charge >= 0.3 is 0 Å². The summed E-state index contributed by atoms with van der Waals surface area (Å²) < 4.78 is 0. The third-order valence-corrected chi connectivity index (χ3v) is 4.74. The van der Waals surface area contributed by atoms with Crippen LogP contribution in [0.3, 0.4) is 0 Å². The van der Waals surface area contributed by atoms with Crippen LogP contribution in [0.5, 0.6) is 0 Å². The molecule has 0 bridgehead atoms. The second kappa shape index (κ2) is 4.70. The molecule has 4 heteroatoms. The Labute approximate surface area is 101 Å². The Morgan fingerprint density at radius 1 is 1.27 bits per heavy atom. The van der Waals surface area contributed by atoms with Crippen molar-refractivity contribution < 1.29 is 0 Å². The number of alkyl halides is 1. The first-order chi connectivity index (χ1) is 7.08. The first-order valence-corrected chi connectivity index (χ1v) is 6.81. The van der Waals surface area contributed by atoms with Crippen molar-refractivity contribution in [1.29, 1.82) is 0 Å². The number of piperidine rings is 1. The fourth-order valence-corrected chi connectivity index (χ4v) is 3.64. The maximum absolute atomic E-state index is 6.29. The van der Waals surface area contributed by atoms with E-state index in [1.165, 1.54) is 19.3 Å². The summed E-state index contributed by atoms with van der Waals surface area (Å²) in [7, 11) is 4.25. The predicted molar refractivity (Wildman–Crippen MR) is 67.0 cm³/mol. The van der Waals surface area contributed by atoms with Crippen molar-refractivity contribution in [2.24, 2.45) is 11.7 Å². The summed E-state index contributed by atoms with van der Waals surface area (Å²) in [6, 6.07) is 0.999. The van der Waals surface area contributed by atoms with E-state index in [9.17, 15) is 0 Å². The van der Waals surface area contributed by atoms with Crippen LogP contribution in [0.25, 0.3) is 0 Å². The van der Waals surface area contributed by atoms with Gasteiger partial charge in [-0.3, -0.25) is 10.2 Å². The second-order valence-corrected chi connectivity index (χ2v) is 6.52. The molecule has 15 heavy (non-hydrogen) atoms. The molecule has 3 nitrogen and oxygen atoms in total. The van der Waals surface area contributed by atoms with Crippen LogP contribution in [0.1, 0.15) is 25.7 Å². The van der Waals surface area contributed by atoms with Gasteiger partial charge in [-0.2, -0.15) is 0 Å². The topological polar surface area (TPSA) is 41.3 Å². The molecular formula is C11H22BrN3. The number of hydrogen-bond donors (Lipinski definition) is 2. The quantitative estimate of drug-likeness (QED) is 0.705. The molecule has 0 amide bonds. The summed E-state index contributed by atoms with van der Waals surface area (Å²) in [6.45, 7) is 0.